The first-order chi connectivity index (χ1) is 12.0. The van der Waals surface area contributed by atoms with Gasteiger partial charge in [0.05, 0.1) is 13.2 Å². The van der Waals surface area contributed by atoms with Crippen LogP contribution >= 0.6 is 0 Å². The summed E-state index contributed by atoms with van der Waals surface area (Å²) in [5, 5.41) is 0.212. The Kier molecular flexibility index (Phi) is 11.0. The molecule has 152 valence electrons. The summed E-state index contributed by atoms with van der Waals surface area (Å²) in [6, 6.07) is 0. The van der Waals surface area contributed by atoms with Crippen LogP contribution in [0.4, 0.5) is 0 Å². The van der Waals surface area contributed by atoms with Crippen LogP contribution in [0.3, 0.4) is 0 Å². The van der Waals surface area contributed by atoms with Crippen molar-refractivity contribution < 1.29 is 23.5 Å². The minimum Gasteiger partial charge on any atom is -0.465 e. The molecule has 0 rings (SSSR count). The summed E-state index contributed by atoms with van der Waals surface area (Å²) in [6.07, 6.45) is 5.66. The second-order valence-electron chi connectivity index (χ2n) is 8.02. The first kappa shape index (κ1) is 24.9. The van der Waals surface area contributed by atoms with Crippen LogP contribution in [0.15, 0.2) is 12.2 Å². The highest BCUT2D eigenvalue weighted by atomic mass is 28.4. The third kappa shape index (κ3) is 8.49. The van der Waals surface area contributed by atoms with Crippen LogP contribution in [0.25, 0.3) is 0 Å². The molecular weight excluding hydrogens is 348 g/mol. The van der Waals surface area contributed by atoms with E-state index < -0.39 is 26.2 Å². The van der Waals surface area contributed by atoms with Gasteiger partial charge in [0.25, 0.3) is 0 Å². The Morgan fingerprint density at radius 2 is 1.54 bits per heavy atom. The molecule has 26 heavy (non-hydrogen) atoms. The number of unbranched alkanes of at least 4 members (excludes halogenated alkanes) is 1. The molecule has 0 amide bonds. The van der Waals surface area contributed by atoms with E-state index in [1.54, 1.807) is 13.8 Å². The zero-order valence-electron chi connectivity index (χ0n) is 17.9. The van der Waals surface area contributed by atoms with Gasteiger partial charge in [-0.3, -0.25) is 9.59 Å². The van der Waals surface area contributed by atoms with Crippen molar-refractivity contribution >= 4 is 20.3 Å². The van der Waals surface area contributed by atoms with Crippen LogP contribution in [0.1, 0.15) is 54.4 Å². The smallest absolute Gasteiger partial charge is 0.320 e. The van der Waals surface area contributed by atoms with Gasteiger partial charge in [0.2, 0.25) is 0 Å². The van der Waals surface area contributed by atoms with Crippen molar-refractivity contribution in [2.75, 3.05) is 19.8 Å². The Morgan fingerprint density at radius 3 is 1.96 bits per heavy atom. The van der Waals surface area contributed by atoms with Crippen molar-refractivity contribution in [1.82, 2.24) is 0 Å². The van der Waals surface area contributed by atoms with E-state index in [-0.39, 0.29) is 24.2 Å². The molecule has 0 saturated heterocycles. The number of carbonyl (C=O) groups excluding carboxylic acids is 2. The van der Waals surface area contributed by atoms with Gasteiger partial charge in [-0.15, -0.1) is 0 Å². The van der Waals surface area contributed by atoms with Crippen molar-refractivity contribution in [3.05, 3.63) is 12.2 Å². The Labute approximate surface area is 160 Å². The average molecular weight is 387 g/mol. The van der Waals surface area contributed by atoms with Gasteiger partial charge in [-0.1, -0.05) is 39.8 Å². The monoisotopic (exact) mass is 386 g/mol. The van der Waals surface area contributed by atoms with Crippen LogP contribution in [0.2, 0.25) is 18.1 Å². The van der Waals surface area contributed by atoms with Gasteiger partial charge in [0.15, 0.2) is 14.2 Å². The lowest BCUT2D eigenvalue weighted by atomic mass is 9.93. The van der Waals surface area contributed by atoms with E-state index in [0.29, 0.717) is 0 Å². The van der Waals surface area contributed by atoms with Gasteiger partial charge in [0.1, 0.15) is 0 Å². The fourth-order valence-electron chi connectivity index (χ4n) is 2.16. The molecule has 0 aromatic carbocycles. The van der Waals surface area contributed by atoms with Gasteiger partial charge >= 0.3 is 11.9 Å². The molecule has 0 spiro atoms. The summed E-state index contributed by atoms with van der Waals surface area (Å²) >= 11 is 0. The molecule has 0 aliphatic carbocycles. The molecule has 0 heterocycles. The van der Waals surface area contributed by atoms with E-state index in [2.05, 4.69) is 33.9 Å². The summed E-state index contributed by atoms with van der Waals surface area (Å²) in [4.78, 5) is 24.1. The van der Waals surface area contributed by atoms with Crippen molar-refractivity contribution in [3.8, 4) is 0 Å². The van der Waals surface area contributed by atoms with Gasteiger partial charge in [-0.05, 0) is 50.7 Å². The number of hydrogen-bond donors (Lipinski definition) is 0. The molecule has 0 fully saturated rings. The second kappa shape index (κ2) is 11.5. The molecule has 6 heteroatoms. The predicted octanol–water partition coefficient (Wildman–Crippen LogP) is 4.72. The summed E-state index contributed by atoms with van der Waals surface area (Å²) < 4.78 is 16.2. The Morgan fingerprint density at radius 1 is 1.04 bits per heavy atom. The number of ether oxygens (including phenoxy) is 2. The minimum atomic E-state index is -1.70. The summed E-state index contributed by atoms with van der Waals surface area (Å²) in [7, 11) is -1.70. The third-order valence-electron chi connectivity index (χ3n) is 4.83. The lowest BCUT2D eigenvalue weighted by Gasteiger charge is -2.36. The Bertz CT molecular complexity index is 447. The van der Waals surface area contributed by atoms with Gasteiger partial charge < -0.3 is 13.9 Å². The minimum absolute atomic E-state index is 0.212. The summed E-state index contributed by atoms with van der Waals surface area (Å²) in [5.41, 5.74) is 0. The molecule has 1 unspecified atom stereocenters. The van der Waals surface area contributed by atoms with Crippen LogP contribution in [-0.4, -0.2) is 40.1 Å². The maximum absolute atomic E-state index is 12.1. The lowest BCUT2D eigenvalue weighted by molar-refractivity contribution is -0.163. The molecule has 0 aliphatic rings. The normalized spacial score (nSPS) is 13.9. The largest absolute Gasteiger partial charge is 0.465 e. The molecule has 0 saturated carbocycles. The van der Waals surface area contributed by atoms with E-state index in [1.165, 1.54) is 0 Å². The standard InChI is InChI=1S/C20H38O5Si/c1-9-23-18(21)17(19(22)24-10-2)16(3)14-12-11-13-15-25-26(7,8)20(4,5)6/h12,14,16-17H,9-11,13,15H2,1-8H3/b14-12+. The fraction of sp³-hybridized carbons (Fsp3) is 0.800. The van der Waals surface area contributed by atoms with Gasteiger partial charge in [-0.25, -0.2) is 0 Å². The van der Waals surface area contributed by atoms with Crippen LogP contribution in [0, 0.1) is 11.8 Å². The fourth-order valence-corrected chi connectivity index (χ4v) is 3.24. The third-order valence-corrected chi connectivity index (χ3v) is 9.37. The predicted molar refractivity (Wildman–Crippen MR) is 107 cm³/mol. The first-order valence-corrected chi connectivity index (χ1v) is 12.5. The van der Waals surface area contributed by atoms with E-state index in [1.807, 2.05) is 19.1 Å². The molecule has 5 nitrogen and oxygen atoms in total. The van der Waals surface area contributed by atoms with Crippen LogP contribution in [-0.2, 0) is 23.5 Å². The number of hydrogen-bond acceptors (Lipinski definition) is 5. The molecule has 0 bridgehead atoms. The zero-order valence-corrected chi connectivity index (χ0v) is 18.9. The molecule has 0 aromatic rings. The highest BCUT2D eigenvalue weighted by Crippen LogP contribution is 2.36. The number of esters is 2. The van der Waals surface area contributed by atoms with Crippen molar-refractivity contribution in [1.29, 1.82) is 0 Å². The number of allylic oxidation sites excluding steroid dienone is 2. The first-order valence-electron chi connectivity index (χ1n) is 9.61. The van der Waals surface area contributed by atoms with E-state index in [9.17, 15) is 9.59 Å². The zero-order chi connectivity index (χ0) is 20.4. The molecule has 0 radical (unpaired) electrons. The molecule has 0 N–H and O–H groups in total. The quantitative estimate of drug-likeness (QED) is 0.169. The molecular formula is C20H38O5Si. The maximum atomic E-state index is 12.1. The molecule has 1 atom stereocenters. The Hall–Kier alpha value is -1.14. The van der Waals surface area contributed by atoms with Gasteiger partial charge in [-0.2, -0.15) is 0 Å². The van der Waals surface area contributed by atoms with Crippen molar-refractivity contribution in [2.45, 2.75) is 72.5 Å². The van der Waals surface area contributed by atoms with E-state index in [4.69, 9.17) is 13.9 Å². The SMILES string of the molecule is CCOC(=O)C(C(=O)OCC)C(C)/C=C/CCCO[Si](C)(C)C(C)(C)C. The van der Waals surface area contributed by atoms with E-state index in [0.717, 1.165) is 19.4 Å². The summed E-state index contributed by atoms with van der Waals surface area (Å²) in [5.74, 6) is -2.22. The Balaban J connectivity index is 4.54. The van der Waals surface area contributed by atoms with Crippen molar-refractivity contribution in [3.63, 3.8) is 0 Å². The van der Waals surface area contributed by atoms with Crippen LogP contribution in [0.5, 0.6) is 0 Å². The topological polar surface area (TPSA) is 61.8 Å². The molecule has 0 aliphatic heterocycles. The van der Waals surface area contributed by atoms with Crippen LogP contribution < -0.4 is 0 Å². The second-order valence-corrected chi connectivity index (χ2v) is 12.8. The van der Waals surface area contributed by atoms with Gasteiger partial charge in [0, 0.05) is 6.61 Å². The highest BCUT2D eigenvalue weighted by Gasteiger charge is 2.37. The lowest BCUT2D eigenvalue weighted by Crippen LogP contribution is -2.40. The van der Waals surface area contributed by atoms with Crippen molar-refractivity contribution in [2.24, 2.45) is 11.8 Å². The van der Waals surface area contributed by atoms with E-state index >= 15 is 0 Å². The number of rotatable bonds is 11. The molecule has 0 aromatic heterocycles. The highest BCUT2D eigenvalue weighted by molar-refractivity contribution is 6.74. The average Bonchev–Trinajstić information content (AvgIpc) is 2.50. The summed E-state index contributed by atoms with van der Waals surface area (Å²) in [6.45, 7) is 17.7. The number of carbonyl (C=O) groups is 2. The maximum Gasteiger partial charge on any atom is 0.320 e.